The zero-order valence-corrected chi connectivity index (χ0v) is 16.6. The summed E-state index contributed by atoms with van der Waals surface area (Å²) in [6.45, 7) is 2.36. The van der Waals surface area contributed by atoms with E-state index in [1.165, 1.54) is 0 Å². The van der Waals surface area contributed by atoms with Crippen molar-refractivity contribution in [1.82, 2.24) is 14.7 Å². The first-order valence-electron chi connectivity index (χ1n) is 10.7. The minimum Gasteiger partial charge on any atom is -0.343 e. The monoisotopic (exact) mass is 397 g/mol. The van der Waals surface area contributed by atoms with E-state index in [9.17, 15) is 14.4 Å². The average molecular weight is 397 g/mol. The summed E-state index contributed by atoms with van der Waals surface area (Å²) in [5, 5.41) is 0. The summed E-state index contributed by atoms with van der Waals surface area (Å²) in [7, 11) is 0. The molecule has 4 aliphatic rings. The quantitative estimate of drug-likeness (QED) is 0.775. The Hall–Kier alpha value is -2.41. The van der Waals surface area contributed by atoms with Crippen LogP contribution in [0.2, 0.25) is 0 Å². The van der Waals surface area contributed by atoms with Gasteiger partial charge in [-0.15, -0.1) is 0 Å². The average Bonchev–Trinajstić information content (AvgIpc) is 3.36. The molecule has 0 saturated carbocycles. The molecule has 0 aliphatic carbocycles. The molecular weight excluding hydrogens is 370 g/mol. The third-order valence-electron chi connectivity index (χ3n) is 6.94. The van der Waals surface area contributed by atoms with Crippen molar-refractivity contribution in [3.05, 3.63) is 35.9 Å². The maximum Gasteiger partial charge on any atom is 0.227 e. The van der Waals surface area contributed by atoms with E-state index in [4.69, 9.17) is 4.74 Å². The fourth-order valence-electron chi connectivity index (χ4n) is 5.44. The molecule has 0 unspecified atom stereocenters. The lowest BCUT2D eigenvalue weighted by Crippen LogP contribution is -2.49. The third-order valence-corrected chi connectivity index (χ3v) is 6.94. The van der Waals surface area contributed by atoms with Crippen LogP contribution in [0.4, 0.5) is 0 Å². The Balaban J connectivity index is 1.28. The van der Waals surface area contributed by atoms with Crippen molar-refractivity contribution in [2.24, 2.45) is 0 Å². The Morgan fingerprint density at radius 1 is 1.10 bits per heavy atom. The van der Waals surface area contributed by atoms with E-state index >= 15 is 0 Å². The molecule has 7 heteroatoms. The van der Waals surface area contributed by atoms with E-state index in [0.29, 0.717) is 45.3 Å². The van der Waals surface area contributed by atoms with Crippen LogP contribution in [0.5, 0.6) is 0 Å². The van der Waals surface area contributed by atoms with Gasteiger partial charge < -0.3 is 19.4 Å². The Kier molecular flexibility index (Phi) is 4.57. The summed E-state index contributed by atoms with van der Waals surface area (Å²) >= 11 is 0. The first-order chi connectivity index (χ1) is 14.1. The highest BCUT2D eigenvalue weighted by Crippen LogP contribution is 2.50. The smallest absolute Gasteiger partial charge is 0.227 e. The molecule has 1 spiro atoms. The number of amides is 3. The van der Waals surface area contributed by atoms with Gasteiger partial charge in [0.15, 0.2) is 5.72 Å². The summed E-state index contributed by atoms with van der Waals surface area (Å²) < 4.78 is 6.49. The number of benzene rings is 1. The van der Waals surface area contributed by atoms with E-state index < -0.39 is 5.72 Å². The maximum atomic E-state index is 13.0. The summed E-state index contributed by atoms with van der Waals surface area (Å²) in [6.07, 6.45) is 3.68. The number of likely N-dealkylation sites (tertiary alicyclic amines) is 2. The molecular formula is C22H27N3O4. The minimum atomic E-state index is -0.686. The normalized spacial score (nSPS) is 31.4. The summed E-state index contributed by atoms with van der Waals surface area (Å²) in [6, 6.07) is 9.74. The van der Waals surface area contributed by atoms with Gasteiger partial charge in [-0.25, -0.2) is 0 Å². The van der Waals surface area contributed by atoms with Gasteiger partial charge in [0.2, 0.25) is 17.7 Å². The lowest BCUT2D eigenvalue weighted by molar-refractivity contribution is -0.143. The summed E-state index contributed by atoms with van der Waals surface area (Å²) in [5.74, 6) is 0.234. The maximum absolute atomic E-state index is 13.0. The zero-order chi connectivity index (χ0) is 20.0. The predicted molar refractivity (Wildman–Crippen MR) is 104 cm³/mol. The van der Waals surface area contributed by atoms with Gasteiger partial charge in [-0.2, -0.15) is 0 Å². The Morgan fingerprint density at radius 3 is 2.72 bits per heavy atom. The number of hydrogen-bond donors (Lipinski definition) is 0. The Bertz CT molecular complexity index is 829. The van der Waals surface area contributed by atoms with Gasteiger partial charge in [-0.05, 0) is 18.4 Å². The number of rotatable bonds is 4. The van der Waals surface area contributed by atoms with E-state index in [0.717, 1.165) is 24.9 Å². The van der Waals surface area contributed by atoms with Crippen molar-refractivity contribution in [3.63, 3.8) is 0 Å². The molecule has 4 fully saturated rings. The molecule has 3 atom stereocenters. The van der Waals surface area contributed by atoms with Crippen LogP contribution in [0.1, 0.15) is 50.2 Å². The molecule has 7 nitrogen and oxygen atoms in total. The lowest BCUT2D eigenvalue weighted by atomic mass is 10.1. The number of carbonyl (C=O) groups is 3. The van der Waals surface area contributed by atoms with Gasteiger partial charge in [0, 0.05) is 38.9 Å². The van der Waals surface area contributed by atoms with Crippen LogP contribution in [0.3, 0.4) is 0 Å². The van der Waals surface area contributed by atoms with E-state index in [-0.39, 0.29) is 29.9 Å². The van der Waals surface area contributed by atoms with Crippen LogP contribution in [0.15, 0.2) is 30.3 Å². The molecule has 0 N–H and O–H groups in total. The molecule has 0 aromatic heterocycles. The third kappa shape index (κ3) is 3.03. The van der Waals surface area contributed by atoms with Crippen LogP contribution in [0.25, 0.3) is 0 Å². The number of nitrogens with zero attached hydrogens (tertiary/aromatic N) is 3. The van der Waals surface area contributed by atoms with Crippen molar-refractivity contribution in [3.8, 4) is 0 Å². The van der Waals surface area contributed by atoms with Crippen molar-refractivity contribution in [2.75, 3.05) is 26.2 Å². The molecule has 29 heavy (non-hydrogen) atoms. The highest BCUT2D eigenvalue weighted by molar-refractivity contribution is 5.85. The zero-order valence-electron chi connectivity index (χ0n) is 16.6. The summed E-state index contributed by atoms with van der Waals surface area (Å²) in [5.41, 5.74) is 0.380. The molecule has 4 heterocycles. The van der Waals surface area contributed by atoms with Crippen molar-refractivity contribution in [2.45, 2.75) is 56.4 Å². The Labute approximate surface area is 170 Å². The second-order valence-electron chi connectivity index (χ2n) is 8.51. The number of piperidine rings is 1. The Morgan fingerprint density at radius 2 is 1.93 bits per heavy atom. The molecule has 1 aromatic rings. The van der Waals surface area contributed by atoms with Gasteiger partial charge >= 0.3 is 0 Å². The van der Waals surface area contributed by atoms with Crippen molar-refractivity contribution >= 4 is 17.7 Å². The first kappa shape index (κ1) is 18.6. The van der Waals surface area contributed by atoms with Crippen LogP contribution in [0, 0.1) is 0 Å². The fraction of sp³-hybridized carbons (Fsp3) is 0.591. The van der Waals surface area contributed by atoms with Gasteiger partial charge in [-0.3, -0.25) is 14.4 Å². The number of ether oxygens (including phenoxy) is 1. The van der Waals surface area contributed by atoms with Crippen LogP contribution in [-0.4, -0.2) is 70.4 Å². The molecule has 0 bridgehead atoms. The fourth-order valence-corrected chi connectivity index (χ4v) is 5.44. The van der Waals surface area contributed by atoms with Gasteiger partial charge in [0.1, 0.15) is 6.10 Å². The largest absolute Gasteiger partial charge is 0.343 e. The van der Waals surface area contributed by atoms with E-state index in [1.807, 2.05) is 40.1 Å². The standard InChI is InChI=1S/C22H27N3O4/c26-19-8-4-5-11-23(19)12-9-20(27)24-13-10-22-18(24)14-21(28)25(22)15-17(29-22)16-6-2-1-3-7-16/h1-3,6-7,17-18H,4-5,8-15H2/t17-,18-,22+/m1/s1. The van der Waals surface area contributed by atoms with Gasteiger partial charge in [-0.1, -0.05) is 30.3 Å². The van der Waals surface area contributed by atoms with E-state index in [2.05, 4.69) is 0 Å². The molecule has 0 radical (unpaired) electrons. The molecule has 5 rings (SSSR count). The molecule has 3 amide bonds. The topological polar surface area (TPSA) is 70.2 Å². The predicted octanol–water partition coefficient (Wildman–Crippen LogP) is 1.69. The second kappa shape index (κ2) is 7.13. The highest BCUT2D eigenvalue weighted by atomic mass is 16.5. The van der Waals surface area contributed by atoms with Crippen molar-refractivity contribution in [1.29, 1.82) is 0 Å². The SMILES string of the molecule is O=C1CCCCN1CCC(=O)N1CC[C@@]23O[C@@H](c4ccccc4)CN2C(=O)C[C@@H]13. The molecule has 1 aromatic carbocycles. The highest BCUT2D eigenvalue weighted by Gasteiger charge is 2.64. The van der Waals surface area contributed by atoms with E-state index in [1.54, 1.807) is 4.90 Å². The van der Waals surface area contributed by atoms with Crippen LogP contribution < -0.4 is 0 Å². The van der Waals surface area contributed by atoms with Crippen LogP contribution >= 0.6 is 0 Å². The lowest BCUT2D eigenvalue weighted by Gasteiger charge is -2.32. The molecule has 154 valence electrons. The first-order valence-corrected chi connectivity index (χ1v) is 10.7. The van der Waals surface area contributed by atoms with Crippen molar-refractivity contribution < 1.29 is 19.1 Å². The molecule has 4 saturated heterocycles. The van der Waals surface area contributed by atoms with Gasteiger partial charge in [0.05, 0.1) is 19.0 Å². The van der Waals surface area contributed by atoms with Crippen LogP contribution in [-0.2, 0) is 19.1 Å². The summed E-state index contributed by atoms with van der Waals surface area (Å²) in [4.78, 5) is 43.2. The number of hydrogen-bond acceptors (Lipinski definition) is 4. The van der Waals surface area contributed by atoms with Gasteiger partial charge in [0.25, 0.3) is 0 Å². The minimum absolute atomic E-state index is 0.0201. The number of carbonyl (C=O) groups excluding carboxylic acids is 3. The molecule has 4 aliphatic heterocycles. The second-order valence-corrected chi connectivity index (χ2v) is 8.51.